The molecule has 0 spiro atoms. The Balaban J connectivity index is 3.15. The van der Waals surface area contributed by atoms with E-state index in [9.17, 15) is 0 Å². The minimum Gasteiger partial charge on any atom is -0.433 e. The van der Waals surface area contributed by atoms with Crippen LogP contribution in [0.4, 0.5) is 0 Å². The van der Waals surface area contributed by atoms with Crippen LogP contribution < -0.4 is 0 Å². The molecule has 1 N–H and O–H groups in total. The molecule has 1 unspecified atom stereocenters. The lowest BCUT2D eigenvalue weighted by Crippen LogP contribution is -2.25. The van der Waals surface area contributed by atoms with Crippen molar-refractivity contribution in [2.24, 2.45) is 0 Å². The summed E-state index contributed by atoms with van der Waals surface area (Å²) >= 11 is 0. The molecule has 0 fully saturated rings. The van der Waals surface area contributed by atoms with Gasteiger partial charge in [-0.15, -0.1) is 0 Å². The Morgan fingerprint density at radius 3 is 2.14 bits per heavy atom. The highest BCUT2D eigenvalue weighted by Crippen LogP contribution is 2.03. The first-order valence-electron chi connectivity index (χ1n) is 2.32. The first-order chi connectivity index (χ1) is 3.06. The predicted octanol–water partition coefficient (Wildman–Crippen LogP) is 0.636. The third-order valence-electron chi connectivity index (χ3n) is 0.617. The number of hydrogen-bond acceptors (Lipinski definition) is 1. The lowest BCUT2D eigenvalue weighted by atomic mass is 10.2. The minimum absolute atomic E-state index is 0.873. The lowest BCUT2D eigenvalue weighted by Gasteiger charge is -2.09. The average molecular weight is 133 g/mol. The molecule has 0 heterocycles. The van der Waals surface area contributed by atoms with Gasteiger partial charge in [0.05, 0.1) is 0 Å². The summed E-state index contributed by atoms with van der Waals surface area (Å²) in [6.45, 7) is 5.79. The summed E-state index contributed by atoms with van der Waals surface area (Å²) in [5.41, 5.74) is 0. The highest BCUT2D eigenvalue weighted by molar-refractivity contribution is 7.56. The second-order valence-electron chi connectivity index (χ2n) is 2.25. The van der Waals surface area contributed by atoms with E-state index in [1.807, 2.05) is 20.1 Å². The third kappa shape index (κ3) is 6.67. The summed E-state index contributed by atoms with van der Waals surface area (Å²) in [4.78, 5) is 9.11. The molecule has 0 bridgehead atoms. The van der Waals surface area contributed by atoms with Crippen LogP contribution >= 0.6 is 9.12 Å². The number of rotatable bonds is 2. The molecule has 0 aromatic heterocycles. The van der Waals surface area contributed by atoms with Gasteiger partial charge in [-0.25, -0.2) is 0 Å². The van der Waals surface area contributed by atoms with Gasteiger partial charge in [0.2, 0.25) is 0 Å². The summed E-state index contributed by atoms with van der Waals surface area (Å²) < 4.78 is 0. The monoisotopic (exact) mass is 133 g/mol. The minimum atomic E-state index is -1.73. The lowest BCUT2D eigenvalue weighted by molar-refractivity contribution is 0.558. The summed E-state index contributed by atoms with van der Waals surface area (Å²) in [6.07, 6.45) is 0. The molecule has 1 atom stereocenters. The Morgan fingerprint density at radius 2 is 2.14 bits per heavy atom. The van der Waals surface area contributed by atoms with Crippen LogP contribution in [0.25, 0.3) is 0 Å². The van der Waals surface area contributed by atoms with Crippen molar-refractivity contribution >= 4 is 24.4 Å². The van der Waals surface area contributed by atoms with Gasteiger partial charge in [0.25, 0.3) is 0 Å². The summed E-state index contributed by atoms with van der Waals surface area (Å²) in [6, 6.07) is 0. The van der Waals surface area contributed by atoms with Gasteiger partial charge in [0.15, 0.2) is 8.32 Å². The van der Waals surface area contributed by atoms with E-state index in [1.165, 1.54) is 0 Å². The zero-order chi connectivity index (χ0) is 5.91. The molecule has 0 aliphatic heterocycles. The van der Waals surface area contributed by atoms with Crippen molar-refractivity contribution in [3.8, 4) is 0 Å². The van der Waals surface area contributed by atoms with Crippen LogP contribution in [0, 0.1) is 0 Å². The topological polar surface area (TPSA) is 20.2 Å². The van der Waals surface area contributed by atoms with Gasteiger partial charge < -0.3 is 4.80 Å². The molecular weight excluding hydrogens is 122 g/mol. The van der Waals surface area contributed by atoms with Crippen molar-refractivity contribution < 1.29 is 4.80 Å². The summed E-state index contributed by atoms with van der Waals surface area (Å²) in [5, 5.41) is 0. The zero-order valence-electron chi connectivity index (χ0n) is 4.81. The van der Waals surface area contributed by atoms with Crippen molar-refractivity contribution in [3.63, 3.8) is 0 Å². The van der Waals surface area contributed by atoms with Crippen LogP contribution in [0.3, 0.4) is 0 Å². The Labute approximate surface area is 49.0 Å². The highest BCUT2D eigenvalue weighted by Gasteiger charge is 2.13. The van der Waals surface area contributed by atoms with E-state index in [2.05, 4.69) is 9.12 Å². The molecule has 0 saturated heterocycles. The Kier molecular flexibility index (Phi) is 3.13. The Hall–Kier alpha value is 0.672. The molecule has 0 saturated carbocycles. The van der Waals surface area contributed by atoms with Crippen molar-refractivity contribution in [3.05, 3.63) is 0 Å². The van der Waals surface area contributed by atoms with Gasteiger partial charge in [0.1, 0.15) is 7.00 Å². The molecule has 0 aliphatic carbocycles. The van der Waals surface area contributed by atoms with Gasteiger partial charge in [-0.3, -0.25) is 0 Å². The standard InChI is InChI=1S/C3H11BOPSi/c1-7(2,5)3-4-6/h5H,3,6H2,1-2H3. The highest BCUT2D eigenvalue weighted by atomic mass is 31.0. The van der Waals surface area contributed by atoms with Crippen LogP contribution in [-0.4, -0.2) is 20.1 Å². The second-order valence-corrected chi connectivity index (χ2v) is 6.76. The van der Waals surface area contributed by atoms with Crippen molar-refractivity contribution in [1.82, 2.24) is 0 Å². The van der Waals surface area contributed by atoms with Crippen molar-refractivity contribution in [2.45, 2.75) is 19.0 Å². The predicted molar refractivity (Wildman–Crippen MR) is 40.0 cm³/mol. The maximum absolute atomic E-state index is 9.11. The van der Waals surface area contributed by atoms with Gasteiger partial charge in [-0.1, -0.05) is 5.94 Å². The van der Waals surface area contributed by atoms with E-state index in [0.717, 1.165) is 5.94 Å². The molecule has 1 radical (unpaired) electrons. The molecular formula is C3H11BOPSi. The molecule has 41 valence electrons. The van der Waals surface area contributed by atoms with E-state index in [0.29, 0.717) is 0 Å². The van der Waals surface area contributed by atoms with E-state index in [1.54, 1.807) is 0 Å². The summed E-state index contributed by atoms with van der Waals surface area (Å²) in [5.74, 6) is 0.873. The van der Waals surface area contributed by atoms with E-state index >= 15 is 0 Å². The maximum atomic E-state index is 9.11. The van der Waals surface area contributed by atoms with Gasteiger partial charge >= 0.3 is 0 Å². The molecule has 0 aliphatic rings. The molecule has 0 rings (SSSR count). The maximum Gasteiger partial charge on any atom is 0.175 e. The van der Waals surface area contributed by atoms with Crippen molar-refractivity contribution in [2.75, 3.05) is 0 Å². The molecule has 7 heavy (non-hydrogen) atoms. The molecule has 0 aromatic carbocycles. The first-order valence-corrected chi connectivity index (χ1v) is 6.14. The Bertz CT molecular complexity index is 53.4. The van der Waals surface area contributed by atoms with Crippen LogP contribution in [-0.2, 0) is 0 Å². The Morgan fingerprint density at radius 1 is 1.71 bits per heavy atom. The van der Waals surface area contributed by atoms with Crippen LogP contribution in [0.15, 0.2) is 0 Å². The van der Waals surface area contributed by atoms with Gasteiger partial charge in [-0.05, 0) is 13.1 Å². The first kappa shape index (κ1) is 7.67. The van der Waals surface area contributed by atoms with Crippen LogP contribution in [0.2, 0.25) is 19.0 Å². The van der Waals surface area contributed by atoms with Gasteiger partial charge in [0, 0.05) is 0 Å². The van der Waals surface area contributed by atoms with E-state index < -0.39 is 8.32 Å². The van der Waals surface area contributed by atoms with E-state index in [-0.39, 0.29) is 0 Å². The quantitative estimate of drug-likeness (QED) is 0.432. The van der Waals surface area contributed by atoms with Crippen molar-refractivity contribution in [1.29, 1.82) is 0 Å². The largest absolute Gasteiger partial charge is 0.433 e. The fourth-order valence-electron chi connectivity index (χ4n) is 0.288. The van der Waals surface area contributed by atoms with Gasteiger partial charge in [-0.2, -0.15) is 9.12 Å². The molecule has 0 aromatic rings. The zero-order valence-corrected chi connectivity index (χ0v) is 6.96. The normalized spacial score (nSPS) is 11.4. The fraction of sp³-hybridized carbons (Fsp3) is 1.00. The average Bonchev–Trinajstić information content (AvgIpc) is 1.30. The SMILES string of the molecule is C[Si](C)(O)C[B]P. The molecule has 1 nitrogen and oxygen atoms in total. The summed E-state index contributed by atoms with van der Waals surface area (Å²) in [7, 11) is 0.758. The number of hydrogen-bond donors (Lipinski definition) is 1. The third-order valence-corrected chi connectivity index (χ3v) is 2.56. The molecule has 4 heteroatoms. The van der Waals surface area contributed by atoms with Crippen LogP contribution in [0.1, 0.15) is 0 Å². The smallest absolute Gasteiger partial charge is 0.175 e. The molecule has 0 amide bonds. The van der Waals surface area contributed by atoms with Crippen LogP contribution in [0.5, 0.6) is 0 Å². The van der Waals surface area contributed by atoms with E-state index in [4.69, 9.17) is 4.80 Å². The fourth-order valence-corrected chi connectivity index (χ4v) is 2.60. The second kappa shape index (κ2) is 2.85.